The molecule has 108 valence electrons. The second kappa shape index (κ2) is 8.27. The number of hydrogen-bond donors (Lipinski definition) is 0. The quantitative estimate of drug-likeness (QED) is 0.439. The molecule has 5 nitrogen and oxygen atoms in total. The van der Waals surface area contributed by atoms with Gasteiger partial charge in [0.15, 0.2) is 0 Å². The molecule has 0 saturated heterocycles. The first kappa shape index (κ1) is 16.1. The molecule has 0 aliphatic carbocycles. The van der Waals surface area contributed by atoms with Crippen LogP contribution in [0.2, 0.25) is 0 Å². The van der Waals surface area contributed by atoms with Gasteiger partial charge in [0, 0.05) is 4.88 Å². The Morgan fingerprint density at radius 2 is 1.85 bits per heavy atom. The van der Waals surface area contributed by atoms with Crippen molar-refractivity contribution in [2.24, 2.45) is 0 Å². The molecule has 0 amide bonds. The number of carbonyl (C=O) groups excluding carboxylic acids is 3. The van der Waals surface area contributed by atoms with E-state index in [2.05, 4.69) is 4.74 Å². The third-order valence-electron chi connectivity index (χ3n) is 2.18. The monoisotopic (exact) mass is 296 g/mol. The van der Waals surface area contributed by atoms with Gasteiger partial charge < -0.3 is 9.47 Å². The maximum Gasteiger partial charge on any atom is 0.380 e. The Morgan fingerprint density at radius 1 is 1.15 bits per heavy atom. The summed E-state index contributed by atoms with van der Waals surface area (Å²) in [6, 6.07) is 3.27. The Hall–Kier alpha value is -1.95. The lowest BCUT2D eigenvalue weighted by molar-refractivity contribution is -0.142. The zero-order valence-electron chi connectivity index (χ0n) is 11.4. The van der Waals surface area contributed by atoms with Crippen LogP contribution in [-0.4, -0.2) is 30.9 Å². The molecule has 6 heteroatoms. The Bertz CT molecular complexity index is 515. The summed E-state index contributed by atoms with van der Waals surface area (Å²) < 4.78 is 9.43. The number of thiophene rings is 1. The van der Waals surface area contributed by atoms with Gasteiger partial charge in [-0.3, -0.25) is 9.59 Å². The molecule has 20 heavy (non-hydrogen) atoms. The second-order valence-electron chi connectivity index (χ2n) is 3.66. The van der Waals surface area contributed by atoms with Gasteiger partial charge in [-0.05, 0) is 32.1 Å². The lowest BCUT2D eigenvalue weighted by Gasteiger charge is -1.97. The number of esters is 2. The van der Waals surface area contributed by atoms with Crippen molar-refractivity contribution in [1.29, 1.82) is 0 Å². The zero-order chi connectivity index (χ0) is 15.0. The van der Waals surface area contributed by atoms with Gasteiger partial charge in [-0.2, -0.15) is 0 Å². The highest BCUT2D eigenvalue weighted by Crippen LogP contribution is 2.19. The van der Waals surface area contributed by atoms with E-state index in [1.165, 1.54) is 11.3 Å². The Morgan fingerprint density at radius 3 is 2.50 bits per heavy atom. The van der Waals surface area contributed by atoms with Crippen LogP contribution >= 0.6 is 11.3 Å². The van der Waals surface area contributed by atoms with Crippen molar-refractivity contribution in [3.63, 3.8) is 0 Å². The average molecular weight is 296 g/mol. The van der Waals surface area contributed by atoms with Gasteiger partial charge in [0.1, 0.15) is 0 Å². The Labute approximate surface area is 121 Å². The normalized spacial score (nSPS) is 10.5. The molecule has 0 aliphatic rings. The second-order valence-corrected chi connectivity index (χ2v) is 4.78. The summed E-state index contributed by atoms with van der Waals surface area (Å²) in [5.74, 6) is -1.80. The van der Waals surface area contributed by atoms with Crippen LogP contribution in [0.1, 0.15) is 34.8 Å². The van der Waals surface area contributed by atoms with Crippen molar-refractivity contribution in [3.05, 3.63) is 28.0 Å². The molecule has 0 aliphatic heterocycles. The van der Waals surface area contributed by atoms with Crippen LogP contribution in [0.25, 0.3) is 6.08 Å². The molecule has 0 saturated carbocycles. The fraction of sp³-hybridized carbons (Fsp3) is 0.357. The first-order valence-electron chi connectivity index (χ1n) is 6.21. The predicted molar refractivity (Wildman–Crippen MR) is 75.6 cm³/mol. The summed E-state index contributed by atoms with van der Waals surface area (Å²) in [6.07, 6.45) is 3.54. The number of hydrogen-bond acceptors (Lipinski definition) is 6. The molecule has 0 N–H and O–H groups in total. The first-order valence-corrected chi connectivity index (χ1v) is 7.03. The first-order chi connectivity index (χ1) is 9.58. The van der Waals surface area contributed by atoms with Crippen molar-refractivity contribution >= 4 is 35.1 Å². The number of ketones is 1. The third kappa shape index (κ3) is 4.97. The van der Waals surface area contributed by atoms with Gasteiger partial charge in [-0.15, -0.1) is 11.3 Å². The highest BCUT2D eigenvalue weighted by Gasteiger charge is 2.18. The van der Waals surface area contributed by atoms with E-state index < -0.39 is 11.8 Å². The minimum Gasteiger partial charge on any atom is -0.466 e. The van der Waals surface area contributed by atoms with Crippen LogP contribution in [-0.2, 0) is 19.1 Å². The SMILES string of the molecule is CCOC(=O)CC=Cc1ccc(C(=O)C(=O)OCC)s1. The topological polar surface area (TPSA) is 69.7 Å². The molecule has 1 aromatic rings. The van der Waals surface area contributed by atoms with E-state index in [4.69, 9.17) is 4.74 Å². The minimum absolute atomic E-state index is 0.169. The predicted octanol–water partition coefficient (Wildman–Crippen LogP) is 2.46. The van der Waals surface area contributed by atoms with Gasteiger partial charge >= 0.3 is 11.9 Å². The number of rotatable bonds is 7. The van der Waals surface area contributed by atoms with E-state index in [9.17, 15) is 14.4 Å². The Kier molecular flexibility index (Phi) is 6.66. The summed E-state index contributed by atoms with van der Waals surface area (Å²) in [5, 5.41) is 0. The Balaban J connectivity index is 2.59. The smallest absolute Gasteiger partial charge is 0.380 e. The molecule has 0 fully saturated rings. The lowest BCUT2D eigenvalue weighted by atomic mass is 10.3. The molecule has 0 aromatic carbocycles. The van der Waals surface area contributed by atoms with Gasteiger partial charge in [-0.25, -0.2) is 4.79 Å². The summed E-state index contributed by atoms with van der Waals surface area (Å²) >= 11 is 1.17. The van der Waals surface area contributed by atoms with Crippen molar-refractivity contribution in [1.82, 2.24) is 0 Å². The molecular weight excluding hydrogens is 280 g/mol. The van der Waals surface area contributed by atoms with Gasteiger partial charge in [0.25, 0.3) is 5.78 Å². The average Bonchev–Trinajstić information content (AvgIpc) is 2.87. The summed E-state index contributed by atoms with van der Waals surface area (Å²) in [4.78, 5) is 35.2. The van der Waals surface area contributed by atoms with Crippen LogP contribution in [0.15, 0.2) is 18.2 Å². The van der Waals surface area contributed by atoms with Crippen LogP contribution in [0.4, 0.5) is 0 Å². The molecule has 0 spiro atoms. The van der Waals surface area contributed by atoms with Crippen molar-refractivity contribution in [3.8, 4) is 0 Å². The molecule has 0 unspecified atom stereocenters. The molecule has 0 atom stereocenters. The number of Topliss-reactive ketones (excluding diaryl/α,β-unsaturated/α-hetero) is 1. The molecule has 1 aromatic heterocycles. The largest absolute Gasteiger partial charge is 0.466 e. The maximum absolute atomic E-state index is 11.7. The zero-order valence-corrected chi connectivity index (χ0v) is 12.2. The van der Waals surface area contributed by atoms with E-state index in [1.54, 1.807) is 38.1 Å². The molecular formula is C14H16O5S. The van der Waals surface area contributed by atoms with E-state index in [0.717, 1.165) is 4.88 Å². The number of carbonyl (C=O) groups is 3. The van der Waals surface area contributed by atoms with E-state index in [-0.39, 0.29) is 19.0 Å². The summed E-state index contributed by atoms with van der Waals surface area (Å²) in [6.45, 7) is 3.91. The minimum atomic E-state index is -0.851. The highest BCUT2D eigenvalue weighted by atomic mass is 32.1. The highest BCUT2D eigenvalue weighted by molar-refractivity contribution is 7.15. The van der Waals surface area contributed by atoms with Gasteiger partial charge in [0.2, 0.25) is 0 Å². The molecule has 1 heterocycles. The lowest BCUT2D eigenvalue weighted by Crippen LogP contribution is -2.16. The van der Waals surface area contributed by atoms with Gasteiger partial charge in [0.05, 0.1) is 24.5 Å². The summed E-state index contributed by atoms with van der Waals surface area (Å²) in [7, 11) is 0. The molecule has 1 rings (SSSR count). The van der Waals surface area contributed by atoms with Crippen molar-refractivity contribution in [2.45, 2.75) is 20.3 Å². The van der Waals surface area contributed by atoms with Crippen LogP contribution < -0.4 is 0 Å². The van der Waals surface area contributed by atoms with Crippen molar-refractivity contribution in [2.75, 3.05) is 13.2 Å². The number of ether oxygens (including phenoxy) is 2. The fourth-order valence-corrected chi connectivity index (χ4v) is 2.22. The maximum atomic E-state index is 11.7. The molecule has 0 radical (unpaired) electrons. The fourth-order valence-electron chi connectivity index (χ4n) is 1.35. The van der Waals surface area contributed by atoms with Gasteiger partial charge in [-0.1, -0.05) is 6.08 Å². The summed E-state index contributed by atoms with van der Waals surface area (Å²) in [5.41, 5.74) is 0. The van der Waals surface area contributed by atoms with E-state index in [1.807, 2.05) is 0 Å². The van der Waals surface area contributed by atoms with Crippen LogP contribution in [0, 0.1) is 0 Å². The van der Waals surface area contributed by atoms with Crippen molar-refractivity contribution < 1.29 is 23.9 Å². The molecule has 0 bridgehead atoms. The van der Waals surface area contributed by atoms with Crippen LogP contribution in [0.3, 0.4) is 0 Å². The van der Waals surface area contributed by atoms with E-state index >= 15 is 0 Å². The van der Waals surface area contributed by atoms with Crippen LogP contribution in [0.5, 0.6) is 0 Å². The van der Waals surface area contributed by atoms with E-state index in [0.29, 0.717) is 11.5 Å². The third-order valence-corrected chi connectivity index (χ3v) is 3.23. The standard InChI is InChI=1S/C14H16O5S/c1-3-18-12(15)7-5-6-10-8-9-11(20-10)13(16)14(17)19-4-2/h5-6,8-9H,3-4,7H2,1-2H3.